The molecule has 1 rings (SSSR count). The van der Waals surface area contributed by atoms with Crippen molar-refractivity contribution < 1.29 is 9.90 Å². The van der Waals surface area contributed by atoms with Gasteiger partial charge in [-0.25, -0.2) is 0 Å². The summed E-state index contributed by atoms with van der Waals surface area (Å²) in [6, 6.07) is 3.30. The minimum atomic E-state index is 0.0503. The molecule has 2 nitrogen and oxygen atoms in total. The number of phenolic OH excluding ortho intramolecular Hbond substituents is 1. The van der Waals surface area contributed by atoms with E-state index >= 15 is 0 Å². The molecule has 0 unspecified atom stereocenters. The molecule has 1 aromatic carbocycles. The first-order chi connectivity index (χ1) is 5.16. The van der Waals surface area contributed by atoms with Crippen molar-refractivity contribution in [3.63, 3.8) is 0 Å². The van der Waals surface area contributed by atoms with Gasteiger partial charge in [-0.15, -0.1) is 0 Å². The summed E-state index contributed by atoms with van der Waals surface area (Å²) >= 11 is 3.23. The molecule has 0 aromatic heterocycles. The van der Waals surface area contributed by atoms with Gasteiger partial charge in [-0.3, -0.25) is 4.79 Å². The molecule has 1 aromatic rings. The Kier molecular flexibility index (Phi) is 2.29. The average Bonchev–Trinajstić information content (AvgIpc) is 2.01. The molecule has 0 aliphatic carbocycles. The van der Waals surface area contributed by atoms with Crippen LogP contribution in [0, 0.1) is 6.92 Å². The lowest BCUT2D eigenvalue weighted by molar-refractivity contribution is 0.112. The Labute approximate surface area is 73.0 Å². The van der Waals surface area contributed by atoms with Crippen LogP contribution in [0.1, 0.15) is 15.9 Å². The molecule has 0 radical (unpaired) electrons. The minimum Gasteiger partial charge on any atom is -0.507 e. The predicted octanol–water partition coefficient (Wildman–Crippen LogP) is 2.28. The van der Waals surface area contributed by atoms with Crippen LogP contribution in [0.15, 0.2) is 16.6 Å². The zero-order chi connectivity index (χ0) is 8.43. The highest BCUT2D eigenvalue weighted by Crippen LogP contribution is 2.27. The van der Waals surface area contributed by atoms with Crippen LogP contribution in [0.25, 0.3) is 0 Å². The largest absolute Gasteiger partial charge is 0.507 e. The highest BCUT2D eigenvalue weighted by Gasteiger charge is 2.05. The van der Waals surface area contributed by atoms with Gasteiger partial charge < -0.3 is 5.11 Å². The van der Waals surface area contributed by atoms with Crippen LogP contribution in [-0.2, 0) is 0 Å². The van der Waals surface area contributed by atoms with Gasteiger partial charge in [-0.2, -0.15) is 0 Å². The maximum Gasteiger partial charge on any atom is 0.153 e. The van der Waals surface area contributed by atoms with Gasteiger partial charge in [-0.1, -0.05) is 15.9 Å². The van der Waals surface area contributed by atoms with Crippen LogP contribution >= 0.6 is 15.9 Å². The van der Waals surface area contributed by atoms with Crippen molar-refractivity contribution in [2.75, 3.05) is 0 Å². The Morgan fingerprint density at radius 3 is 2.73 bits per heavy atom. The number of aromatic hydroxyl groups is 1. The maximum absolute atomic E-state index is 10.3. The first-order valence-corrected chi connectivity index (χ1v) is 3.89. The van der Waals surface area contributed by atoms with Crippen molar-refractivity contribution in [1.82, 2.24) is 0 Å². The van der Waals surface area contributed by atoms with Gasteiger partial charge in [-0.05, 0) is 19.1 Å². The Balaban J connectivity index is 3.36. The van der Waals surface area contributed by atoms with E-state index in [2.05, 4.69) is 15.9 Å². The lowest BCUT2D eigenvalue weighted by atomic mass is 10.1. The number of aldehydes is 1. The molecule has 0 heterocycles. The second-order valence-electron chi connectivity index (χ2n) is 2.23. The molecule has 0 bridgehead atoms. The SMILES string of the molecule is Cc1c(Br)ccc(C=O)c1O. The first-order valence-electron chi connectivity index (χ1n) is 3.10. The number of hydrogen-bond acceptors (Lipinski definition) is 2. The van der Waals surface area contributed by atoms with E-state index < -0.39 is 0 Å². The van der Waals surface area contributed by atoms with Gasteiger partial charge in [0.2, 0.25) is 0 Å². The number of halogens is 1. The zero-order valence-corrected chi connectivity index (χ0v) is 7.55. The summed E-state index contributed by atoms with van der Waals surface area (Å²) in [5, 5.41) is 9.32. The highest BCUT2D eigenvalue weighted by atomic mass is 79.9. The molecule has 0 atom stereocenters. The Hall–Kier alpha value is -0.830. The van der Waals surface area contributed by atoms with Gasteiger partial charge in [0, 0.05) is 10.0 Å². The molecule has 11 heavy (non-hydrogen) atoms. The molecule has 0 fully saturated rings. The molecule has 0 amide bonds. The van der Waals surface area contributed by atoms with Crippen molar-refractivity contribution in [3.05, 3.63) is 27.7 Å². The van der Waals surface area contributed by atoms with Gasteiger partial charge in [0.15, 0.2) is 6.29 Å². The Morgan fingerprint density at radius 1 is 1.55 bits per heavy atom. The van der Waals surface area contributed by atoms with Crippen LogP contribution < -0.4 is 0 Å². The number of rotatable bonds is 1. The third kappa shape index (κ3) is 1.43. The van der Waals surface area contributed by atoms with Crippen molar-refractivity contribution >= 4 is 22.2 Å². The molecule has 0 aliphatic rings. The highest BCUT2D eigenvalue weighted by molar-refractivity contribution is 9.10. The normalized spacial score (nSPS) is 9.64. The van der Waals surface area contributed by atoms with E-state index in [1.54, 1.807) is 19.1 Å². The fourth-order valence-corrected chi connectivity index (χ4v) is 1.11. The molecule has 1 N–H and O–H groups in total. The van der Waals surface area contributed by atoms with E-state index in [4.69, 9.17) is 0 Å². The third-order valence-corrected chi connectivity index (χ3v) is 2.38. The standard InChI is InChI=1S/C8H7BrO2/c1-5-7(9)3-2-6(4-10)8(5)11/h2-4,11H,1H3. The summed E-state index contributed by atoms with van der Waals surface area (Å²) in [5.74, 6) is 0.0503. The molecule has 0 aliphatic heterocycles. The number of carbonyl (C=O) groups excluding carboxylic acids is 1. The molecule has 58 valence electrons. The molecular formula is C8H7BrO2. The van der Waals surface area contributed by atoms with E-state index in [1.807, 2.05) is 0 Å². The lowest BCUT2D eigenvalue weighted by Gasteiger charge is -2.02. The molecular weight excluding hydrogens is 208 g/mol. The van der Waals surface area contributed by atoms with Crippen LogP contribution in [0.4, 0.5) is 0 Å². The van der Waals surface area contributed by atoms with E-state index in [0.717, 1.165) is 4.47 Å². The smallest absolute Gasteiger partial charge is 0.153 e. The van der Waals surface area contributed by atoms with E-state index in [-0.39, 0.29) is 5.75 Å². The second-order valence-corrected chi connectivity index (χ2v) is 3.08. The Morgan fingerprint density at radius 2 is 2.18 bits per heavy atom. The van der Waals surface area contributed by atoms with Gasteiger partial charge >= 0.3 is 0 Å². The molecule has 0 saturated heterocycles. The molecule has 3 heteroatoms. The van der Waals surface area contributed by atoms with Crippen molar-refractivity contribution in [3.8, 4) is 5.75 Å². The summed E-state index contributed by atoms with van der Waals surface area (Å²) in [4.78, 5) is 10.3. The summed E-state index contributed by atoms with van der Waals surface area (Å²) in [6.07, 6.45) is 0.634. The molecule has 0 saturated carbocycles. The van der Waals surface area contributed by atoms with Crippen LogP contribution in [0.3, 0.4) is 0 Å². The van der Waals surface area contributed by atoms with Crippen LogP contribution in [-0.4, -0.2) is 11.4 Å². The van der Waals surface area contributed by atoms with E-state index in [9.17, 15) is 9.90 Å². The van der Waals surface area contributed by atoms with Crippen molar-refractivity contribution in [1.29, 1.82) is 0 Å². The van der Waals surface area contributed by atoms with Crippen LogP contribution in [0.5, 0.6) is 5.75 Å². The summed E-state index contributed by atoms with van der Waals surface area (Å²) in [5.41, 5.74) is 1.01. The van der Waals surface area contributed by atoms with Crippen molar-refractivity contribution in [2.24, 2.45) is 0 Å². The Bertz CT molecular complexity index is 294. The van der Waals surface area contributed by atoms with Crippen LogP contribution in [0.2, 0.25) is 0 Å². The van der Waals surface area contributed by atoms with E-state index in [0.29, 0.717) is 17.4 Å². The lowest BCUT2D eigenvalue weighted by Crippen LogP contribution is -1.85. The molecule has 0 spiro atoms. The fraction of sp³-hybridized carbons (Fsp3) is 0.125. The van der Waals surface area contributed by atoms with Crippen molar-refractivity contribution in [2.45, 2.75) is 6.92 Å². The maximum atomic E-state index is 10.3. The predicted molar refractivity (Wildman–Crippen MR) is 45.9 cm³/mol. The van der Waals surface area contributed by atoms with Gasteiger partial charge in [0.25, 0.3) is 0 Å². The number of hydrogen-bond donors (Lipinski definition) is 1. The van der Waals surface area contributed by atoms with Gasteiger partial charge in [0.05, 0.1) is 5.56 Å². The van der Waals surface area contributed by atoms with E-state index in [1.165, 1.54) is 0 Å². The number of carbonyl (C=O) groups is 1. The first kappa shape index (κ1) is 8.27. The van der Waals surface area contributed by atoms with Gasteiger partial charge in [0.1, 0.15) is 5.75 Å². The summed E-state index contributed by atoms with van der Waals surface area (Å²) < 4.78 is 0.806. The monoisotopic (exact) mass is 214 g/mol. The quantitative estimate of drug-likeness (QED) is 0.729. The third-order valence-electron chi connectivity index (χ3n) is 1.52. The average molecular weight is 215 g/mol. The number of benzene rings is 1. The summed E-state index contributed by atoms with van der Waals surface area (Å²) in [6.45, 7) is 1.74. The topological polar surface area (TPSA) is 37.3 Å². The number of phenols is 1. The zero-order valence-electron chi connectivity index (χ0n) is 5.97. The fourth-order valence-electron chi connectivity index (χ4n) is 0.792. The summed E-state index contributed by atoms with van der Waals surface area (Å²) in [7, 11) is 0. The second kappa shape index (κ2) is 3.05. The minimum absolute atomic E-state index is 0.0503.